The third-order valence-electron chi connectivity index (χ3n) is 6.96. The van der Waals surface area contributed by atoms with E-state index in [-0.39, 0.29) is 5.54 Å². The average molecular weight is 417 g/mol. The van der Waals surface area contributed by atoms with E-state index in [0.717, 1.165) is 37.2 Å². The lowest BCUT2D eigenvalue weighted by Crippen LogP contribution is -2.44. The summed E-state index contributed by atoms with van der Waals surface area (Å²) in [6, 6.07) is 8.20. The topological polar surface area (TPSA) is 32.4 Å². The third kappa shape index (κ3) is 7.57. The highest BCUT2D eigenvalue weighted by atomic mass is 16.5. The van der Waals surface area contributed by atoms with Crippen LogP contribution < -0.4 is 4.74 Å². The molecule has 0 amide bonds. The van der Waals surface area contributed by atoms with Crippen LogP contribution in [-0.4, -0.2) is 17.2 Å². The molecule has 1 saturated heterocycles. The Labute approximate surface area is 186 Å². The molecule has 0 saturated carbocycles. The molecule has 0 aliphatic carbocycles. The highest BCUT2D eigenvalue weighted by Crippen LogP contribution is 2.46. The zero-order valence-electron chi connectivity index (χ0n) is 20.2. The molecular formula is C27H46NO2. The molecule has 30 heavy (non-hydrogen) atoms. The molecule has 1 aromatic carbocycles. The van der Waals surface area contributed by atoms with Crippen LogP contribution in [0.2, 0.25) is 0 Å². The number of hydrogen-bond acceptors (Lipinski definition) is 2. The fraction of sp³-hybridized carbons (Fsp3) is 0.778. The average Bonchev–Trinajstić information content (AvgIpc) is 2.96. The van der Waals surface area contributed by atoms with Crippen molar-refractivity contribution in [3.05, 3.63) is 29.8 Å². The smallest absolute Gasteiger partial charge is 0.119 e. The molecule has 3 nitrogen and oxygen atoms in total. The van der Waals surface area contributed by atoms with Gasteiger partial charge in [-0.15, -0.1) is 10.3 Å². The number of unbranched alkanes of at least 4 members (excludes halogenated alkanes) is 11. The minimum Gasteiger partial charge on any atom is -0.494 e. The first-order valence-electron chi connectivity index (χ1n) is 12.6. The second-order valence-electron chi connectivity index (χ2n) is 10.1. The van der Waals surface area contributed by atoms with E-state index < -0.39 is 5.54 Å². The molecule has 1 atom stereocenters. The van der Waals surface area contributed by atoms with Gasteiger partial charge in [-0.1, -0.05) is 89.7 Å². The molecule has 0 unspecified atom stereocenters. The van der Waals surface area contributed by atoms with Gasteiger partial charge in [-0.3, -0.25) is 0 Å². The molecular weight excluding hydrogens is 370 g/mol. The third-order valence-corrected chi connectivity index (χ3v) is 6.96. The summed E-state index contributed by atoms with van der Waals surface area (Å²) < 4.78 is 5.92. The maximum atomic E-state index is 12.7. The Bertz CT molecular complexity index is 583. The lowest BCUT2D eigenvalue weighted by molar-refractivity contribution is -0.252. The van der Waals surface area contributed by atoms with E-state index in [4.69, 9.17) is 4.74 Å². The van der Waals surface area contributed by atoms with E-state index in [0.29, 0.717) is 0 Å². The van der Waals surface area contributed by atoms with Crippen molar-refractivity contribution in [1.82, 2.24) is 5.06 Å². The summed E-state index contributed by atoms with van der Waals surface area (Å²) in [4.78, 5) is 0. The zero-order valence-corrected chi connectivity index (χ0v) is 20.2. The number of hydrogen-bond donors (Lipinski definition) is 0. The van der Waals surface area contributed by atoms with Gasteiger partial charge in [-0.2, -0.15) is 0 Å². The first-order chi connectivity index (χ1) is 14.4. The first kappa shape index (κ1) is 25.2. The van der Waals surface area contributed by atoms with Crippen molar-refractivity contribution in [2.45, 2.75) is 129 Å². The Morgan fingerprint density at radius 3 is 1.73 bits per heavy atom. The fourth-order valence-corrected chi connectivity index (χ4v) is 4.73. The summed E-state index contributed by atoms with van der Waals surface area (Å²) in [5, 5.41) is 14.0. The minimum atomic E-state index is -0.419. The molecule has 0 N–H and O–H groups in total. The zero-order chi connectivity index (χ0) is 21.9. The Morgan fingerprint density at radius 2 is 1.27 bits per heavy atom. The van der Waals surface area contributed by atoms with Crippen LogP contribution in [0.4, 0.5) is 0 Å². The van der Waals surface area contributed by atoms with Crippen molar-refractivity contribution in [2.24, 2.45) is 0 Å². The van der Waals surface area contributed by atoms with Gasteiger partial charge in [0.2, 0.25) is 0 Å². The summed E-state index contributed by atoms with van der Waals surface area (Å²) in [5.41, 5.74) is 0.400. The molecule has 1 heterocycles. The van der Waals surface area contributed by atoms with Crippen molar-refractivity contribution < 1.29 is 9.94 Å². The van der Waals surface area contributed by atoms with Crippen LogP contribution in [0.3, 0.4) is 0 Å². The van der Waals surface area contributed by atoms with Gasteiger partial charge < -0.3 is 4.74 Å². The highest BCUT2D eigenvalue weighted by molar-refractivity contribution is 5.32. The highest BCUT2D eigenvalue weighted by Gasteiger charge is 2.49. The van der Waals surface area contributed by atoms with E-state index >= 15 is 0 Å². The van der Waals surface area contributed by atoms with Crippen LogP contribution >= 0.6 is 0 Å². The SMILES string of the molecule is CCCCCCCCCCCCCCOc1ccc([C@@]2(C)CCC(C)(C)N2[O])cc1. The molecule has 1 aromatic rings. The summed E-state index contributed by atoms with van der Waals surface area (Å²) >= 11 is 0. The van der Waals surface area contributed by atoms with E-state index in [9.17, 15) is 5.21 Å². The molecule has 3 heteroatoms. The van der Waals surface area contributed by atoms with E-state index in [1.165, 1.54) is 75.7 Å². The molecule has 2 rings (SSSR count). The molecule has 1 aliphatic rings. The predicted molar refractivity (Wildman–Crippen MR) is 126 cm³/mol. The Balaban J connectivity index is 1.53. The Kier molecular flexibility index (Phi) is 10.7. The predicted octanol–water partition coefficient (Wildman–Crippen LogP) is 8.20. The van der Waals surface area contributed by atoms with Crippen molar-refractivity contribution in [3.63, 3.8) is 0 Å². The molecule has 0 spiro atoms. The van der Waals surface area contributed by atoms with E-state index in [1.807, 2.05) is 26.0 Å². The van der Waals surface area contributed by atoms with Crippen LogP contribution in [-0.2, 0) is 10.7 Å². The number of rotatable bonds is 15. The normalized spacial score (nSPS) is 21.2. The van der Waals surface area contributed by atoms with Gasteiger partial charge in [0.25, 0.3) is 0 Å². The van der Waals surface area contributed by atoms with Gasteiger partial charge in [-0.05, 0) is 57.7 Å². The summed E-state index contributed by atoms with van der Waals surface area (Å²) in [6.07, 6.45) is 18.2. The lowest BCUT2D eigenvalue weighted by Gasteiger charge is -2.35. The number of ether oxygens (including phenoxy) is 1. The van der Waals surface area contributed by atoms with Gasteiger partial charge in [0.1, 0.15) is 5.75 Å². The van der Waals surface area contributed by atoms with Crippen LogP contribution in [0.1, 0.15) is 123 Å². The number of nitrogens with zero attached hydrogens (tertiary/aromatic N) is 1. The van der Waals surface area contributed by atoms with Crippen LogP contribution in [0, 0.1) is 0 Å². The first-order valence-corrected chi connectivity index (χ1v) is 12.6. The van der Waals surface area contributed by atoms with E-state index in [2.05, 4.69) is 26.0 Å². The van der Waals surface area contributed by atoms with Gasteiger partial charge in [0.15, 0.2) is 0 Å². The molecule has 0 aromatic heterocycles. The van der Waals surface area contributed by atoms with Crippen LogP contribution in [0.25, 0.3) is 0 Å². The number of hydroxylamine groups is 2. The van der Waals surface area contributed by atoms with Gasteiger partial charge >= 0.3 is 0 Å². The van der Waals surface area contributed by atoms with E-state index in [1.54, 1.807) is 0 Å². The molecule has 171 valence electrons. The van der Waals surface area contributed by atoms with Crippen LogP contribution in [0.5, 0.6) is 5.75 Å². The van der Waals surface area contributed by atoms with Crippen molar-refractivity contribution in [1.29, 1.82) is 0 Å². The standard InChI is InChI=1S/C27H46NO2/c1-5-6-7-8-9-10-11-12-13-14-15-16-23-30-25-19-17-24(18-20-25)27(4)22-21-26(2,3)28(27)29/h17-20H,5-16,21-23H2,1-4H3/t27-/m1/s1. The minimum absolute atomic E-state index is 0.279. The van der Waals surface area contributed by atoms with Crippen molar-refractivity contribution >= 4 is 0 Å². The lowest BCUT2D eigenvalue weighted by atomic mass is 9.90. The van der Waals surface area contributed by atoms with Gasteiger partial charge in [-0.25, -0.2) is 0 Å². The van der Waals surface area contributed by atoms with Gasteiger partial charge in [0.05, 0.1) is 12.1 Å². The molecule has 1 fully saturated rings. The van der Waals surface area contributed by atoms with Crippen molar-refractivity contribution in [2.75, 3.05) is 6.61 Å². The Hall–Kier alpha value is -1.06. The molecule has 1 radical (unpaired) electrons. The second kappa shape index (κ2) is 12.7. The Morgan fingerprint density at radius 1 is 0.767 bits per heavy atom. The summed E-state index contributed by atoms with van der Waals surface area (Å²) in [6.45, 7) is 9.21. The van der Waals surface area contributed by atoms with Crippen molar-refractivity contribution in [3.8, 4) is 5.75 Å². The maximum absolute atomic E-state index is 12.7. The monoisotopic (exact) mass is 416 g/mol. The van der Waals surface area contributed by atoms with Crippen LogP contribution in [0.15, 0.2) is 24.3 Å². The second-order valence-corrected chi connectivity index (χ2v) is 10.1. The summed E-state index contributed by atoms with van der Waals surface area (Å²) in [5.74, 6) is 0.917. The quantitative estimate of drug-likeness (QED) is 0.270. The largest absolute Gasteiger partial charge is 0.494 e. The maximum Gasteiger partial charge on any atom is 0.119 e. The fourth-order valence-electron chi connectivity index (χ4n) is 4.73. The summed E-state index contributed by atoms with van der Waals surface area (Å²) in [7, 11) is 0. The molecule has 1 aliphatic heterocycles. The van der Waals surface area contributed by atoms with Gasteiger partial charge in [0, 0.05) is 5.54 Å². The number of benzene rings is 1. The molecule has 0 bridgehead atoms.